The van der Waals surface area contributed by atoms with Gasteiger partial charge in [-0.05, 0) is 121 Å². The molecule has 0 saturated heterocycles. The van der Waals surface area contributed by atoms with Crippen LogP contribution >= 0.6 is 11.3 Å². The number of rotatable bonds is 6. The van der Waals surface area contributed by atoms with E-state index in [9.17, 15) is 0 Å². The average molecular weight is 843 g/mol. The zero-order valence-corrected chi connectivity index (χ0v) is 36.1. The molecule has 1 aliphatic carbocycles. The Bertz CT molecular complexity index is 4060. The molecule has 0 N–H and O–H groups in total. The molecule has 14 rings (SSSR count). The maximum atomic E-state index is 2.47. The highest BCUT2D eigenvalue weighted by Crippen LogP contribution is 2.50. The second-order valence-corrected chi connectivity index (χ2v) is 18.3. The summed E-state index contributed by atoms with van der Waals surface area (Å²) in [5.74, 6) is 0. The van der Waals surface area contributed by atoms with Crippen LogP contribution in [0.25, 0.3) is 114 Å². The highest BCUT2D eigenvalue weighted by molar-refractivity contribution is 7.25. The van der Waals surface area contributed by atoms with Crippen LogP contribution < -0.4 is 4.90 Å². The van der Waals surface area contributed by atoms with E-state index in [2.05, 4.69) is 240 Å². The van der Waals surface area contributed by atoms with Crippen LogP contribution in [0.15, 0.2) is 231 Å². The number of nitrogens with zero attached hydrogens (tertiary/aromatic N) is 2. The minimum absolute atomic E-state index is 1.11. The fourth-order valence-corrected chi connectivity index (χ4v) is 11.9. The lowest BCUT2D eigenvalue weighted by molar-refractivity contribution is 1.19. The van der Waals surface area contributed by atoms with Crippen LogP contribution in [0.3, 0.4) is 0 Å². The Morgan fingerprint density at radius 1 is 0.323 bits per heavy atom. The van der Waals surface area contributed by atoms with Crippen LogP contribution in [0.5, 0.6) is 0 Å². The topological polar surface area (TPSA) is 8.17 Å². The van der Waals surface area contributed by atoms with Crippen molar-refractivity contribution in [3.63, 3.8) is 0 Å². The third-order valence-corrected chi connectivity index (χ3v) is 14.8. The first-order chi connectivity index (χ1) is 32.2. The van der Waals surface area contributed by atoms with E-state index in [0.717, 1.165) is 22.7 Å². The summed E-state index contributed by atoms with van der Waals surface area (Å²) in [5.41, 5.74) is 16.9. The number of benzene rings is 11. The van der Waals surface area contributed by atoms with Crippen molar-refractivity contribution in [2.45, 2.75) is 0 Å². The summed E-state index contributed by atoms with van der Waals surface area (Å²) in [7, 11) is 0. The fraction of sp³-hybridized carbons (Fsp3) is 0. The standard InChI is InChI=1S/C62H38N2S/c1-2-12-39(13-3-1)56-36-45(64-58-22-8-6-18-50(58)55-32-26-40-14-4-5-17-48(40)62(55)64)29-33-47(56)41-24-27-43(28-25-41)63(46-31-35-52-51-19-7-9-23-59(51)65-60(52)38-46)44-30-34-49-53-20-10-15-42-16-11-21-54(61(42)53)57(49)37-44/h1-38H. The Morgan fingerprint density at radius 2 is 0.954 bits per heavy atom. The molecule has 0 aliphatic heterocycles. The van der Waals surface area contributed by atoms with Crippen molar-refractivity contribution in [1.82, 2.24) is 4.57 Å². The summed E-state index contributed by atoms with van der Waals surface area (Å²) in [6.45, 7) is 0. The molecule has 0 atom stereocenters. The molecule has 2 heterocycles. The van der Waals surface area contributed by atoms with Crippen LogP contribution in [-0.2, 0) is 0 Å². The molecule has 3 heteroatoms. The number of fused-ring (bicyclic) bond motifs is 11. The summed E-state index contributed by atoms with van der Waals surface area (Å²) in [4.78, 5) is 2.44. The van der Waals surface area contributed by atoms with E-state index in [4.69, 9.17) is 0 Å². The van der Waals surface area contributed by atoms with Gasteiger partial charge >= 0.3 is 0 Å². The second-order valence-electron chi connectivity index (χ2n) is 17.2. The molecule has 0 radical (unpaired) electrons. The minimum atomic E-state index is 1.11. The Balaban J connectivity index is 0.930. The van der Waals surface area contributed by atoms with E-state index >= 15 is 0 Å². The summed E-state index contributed by atoms with van der Waals surface area (Å²) in [5, 5.41) is 10.3. The van der Waals surface area contributed by atoms with Crippen LogP contribution in [0.2, 0.25) is 0 Å². The maximum Gasteiger partial charge on any atom is 0.0619 e. The van der Waals surface area contributed by atoms with Gasteiger partial charge in [0.05, 0.1) is 11.0 Å². The van der Waals surface area contributed by atoms with Crippen LogP contribution in [0, 0.1) is 0 Å². The number of hydrogen-bond donors (Lipinski definition) is 0. The van der Waals surface area contributed by atoms with Crippen molar-refractivity contribution in [2.75, 3.05) is 4.90 Å². The van der Waals surface area contributed by atoms with Gasteiger partial charge in [-0.2, -0.15) is 0 Å². The van der Waals surface area contributed by atoms with Gasteiger partial charge < -0.3 is 9.47 Å². The third kappa shape index (κ3) is 5.53. The Labute approximate surface area is 380 Å². The Hall–Kier alpha value is -8.24. The summed E-state index contributed by atoms with van der Waals surface area (Å²) >= 11 is 1.86. The van der Waals surface area contributed by atoms with E-state index in [1.807, 2.05) is 11.3 Å². The average Bonchev–Trinajstić information content (AvgIpc) is 4.03. The summed E-state index contributed by atoms with van der Waals surface area (Å²) in [6.07, 6.45) is 0. The monoisotopic (exact) mass is 842 g/mol. The van der Waals surface area contributed by atoms with Gasteiger partial charge in [-0.3, -0.25) is 0 Å². The van der Waals surface area contributed by atoms with E-state index in [0.29, 0.717) is 0 Å². The van der Waals surface area contributed by atoms with E-state index in [-0.39, 0.29) is 0 Å². The van der Waals surface area contributed by atoms with Crippen LogP contribution in [0.1, 0.15) is 0 Å². The van der Waals surface area contributed by atoms with Gasteiger partial charge in [-0.25, -0.2) is 0 Å². The molecule has 0 spiro atoms. The SMILES string of the molecule is c1ccc(-c2cc(-n3c4ccccc4c4ccc5ccccc5c43)ccc2-c2ccc(N(c3ccc4c(c3)-c3cccc5cccc-4c35)c3ccc4c(c3)sc3ccccc34)cc2)cc1. The van der Waals surface area contributed by atoms with E-state index < -0.39 is 0 Å². The third-order valence-electron chi connectivity index (χ3n) is 13.7. The molecule has 65 heavy (non-hydrogen) atoms. The van der Waals surface area contributed by atoms with Crippen molar-refractivity contribution in [2.24, 2.45) is 0 Å². The molecule has 2 aromatic heterocycles. The van der Waals surface area contributed by atoms with Gasteiger partial charge in [0, 0.05) is 59.1 Å². The summed E-state index contributed by atoms with van der Waals surface area (Å²) < 4.78 is 5.06. The lowest BCUT2D eigenvalue weighted by Gasteiger charge is -2.26. The van der Waals surface area contributed by atoms with Crippen LogP contribution in [-0.4, -0.2) is 4.57 Å². The molecule has 0 amide bonds. The summed E-state index contributed by atoms with van der Waals surface area (Å²) in [6, 6.07) is 85.3. The number of thiophene rings is 1. The van der Waals surface area contributed by atoms with Crippen molar-refractivity contribution < 1.29 is 0 Å². The first-order valence-corrected chi connectivity index (χ1v) is 23.1. The molecule has 0 fully saturated rings. The highest BCUT2D eigenvalue weighted by Gasteiger charge is 2.24. The van der Waals surface area contributed by atoms with Gasteiger partial charge in [0.15, 0.2) is 0 Å². The number of anilines is 3. The van der Waals surface area contributed by atoms with E-state index in [1.165, 1.54) is 108 Å². The smallest absolute Gasteiger partial charge is 0.0619 e. The maximum absolute atomic E-state index is 2.47. The lowest BCUT2D eigenvalue weighted by Crippen LogP contribution is -2.10. The zero-order chi connectivity index (χ0) is 42.6. The van der Waals surface area contributed by atoms with Crippen LogP contribution in [0.4, 0.5) is 17.1 Å². The number of para-hydroxylation sites is 1. The molecule has 1 aliphatic rings. The molecule has 2 nitrogen and oxygen atoms in total. The Kier molecular flexibility index (Phi) is 7.89. The van der Waals surface area contributed by atoms with Crippen molar-refractivity contribution in [3.8, 4) is 50.2 Å². The molecule has 0 unspecified atom stereocenters. The largest absolute Gasteiger partial charge is 0.310 e. The minimum Gasteiger partial charge on any atom is -0.310 e. The molecule has 0 bridgehead atoms. The normalized spacial score (nSPS) is 12.0. The van der Waals surface area contributed by atoms with Crippen molar-refractivity contribution in [3.05, 3.63) is 231 Å². The predicted octanol–water partition coefficient (Wildman–Crippen LogP) is 17.9. The molecular formula is C62H38N2S. The fourth-order valence-electron chi connectivity index (χ4n) is 10.8. The first-order valence-electron chi connectivity index (χ1n) is 22.3. The first kappa shape index (κ1) is 36.3. The van der Waals surface area contributed by atoms with Gasteiger partial charge in [0.1, 0.15) is 0 Å². The second kappa shape index (κ2) is 14.1. The van der Waals surface area contributed by atoms with Gasteiger partial charge in [0.2, 0.25) is 0 Å². The zero-order valence-electron chi connectivity index (χ0n) is 35.2. The Morgan fingerprint density at radius 3 is 1.82 bits per heavy atom. The van der Waals surface area contributed by atoms with Gasteiger partial charge in [0.25, 0.3) is 0 Å². The van der Waals surface area contributed by atoms with Gasteiger partial charge in [-0.15, -0.1) is 11.3 Å². The quantitative estimate of drug-likeness (QED) is 0.162. The molecular weight excluding hydrogens is 805 g/mol. The predicted molar refractivity (Wildman–Crippen MR) is 279 cm³/mol. The number of aromatic nitrogens is 1. The van der Waals surface area contributed by atoms with E-state index in [1.54, 1.807) is 0 Å². The number of hydrogen-bond acceptors (Lipinski definition) is 2. The molecule has 0 saturated carbocycles. The molecule has 11 aromatic carbocycles. The van der Waals surface area contributed by atoms with Crippen molar-refractivity contribution in [1.29, 1.82) is 0 Å². The highest BCUT2D eigenvalue weighted by atomic mass is 32.1. The molecule has 302 valence electrons. The molecule has 13 aromatic rings. The lowest BCUT2D eigenvalue weighted by atomic mass is 9.93. The van der Waals surface area contributed by atoms with Crippen molar-refractivity contribution >= 4 is 91.9 Å². The van der Waals surface area contributed by atoms with Gasteiger partial charge in [-0.1, -0.05) is 170 Å².